The first-order valence-electron chi connectivity index (χ1n) is 4.08. The smallest absolute Gasteiger partial charge is 0.266 e. The topological polar surface area (TPSA) is 41.9 Å². The summed E-state index contributed by atoms with van der Waals surface area (Å²) in [5, 5.41) is 3.81. The van der Waals surface area contributed by atoms with E-state index in [1.54, 1.807) is 14.1 Å². The molecule has 0 aromatic carbocycles. The predicted octanol–water partition coefficient (Wildman–Crippen LogP) is 0.630. The Balaban J connectivity index is 2.46. The number of oxime groups is 1. The fraction of sp³-hybridized carbons (Fsp3) is 0.750. The van der Waals surface area contributed by atoms with Crippen LogP contribution in [0, 0.1) is 0 Å². The lowest BCUT2D eigenvalue weighted by atomic mass is 10.1. The van der Waals surface area contributed by atoms with Crippen molar-refractivity contribution in [2.45, 2.75) is 25.9 Å². The van der Waals surface area contributed by atoms with Gasteiger partial charge in [0.2, 0.25) is 6.10 Å². The second-order valence-corrected chi connectivity index (χ2v) is 3.04. The van der Waals surface area contributed by atoms with Gasteiger partial charge in [0.25, 0.3) is 5.91 Å². The Labute approximate surface area is 72.2 Å². The van der Waals surface area contributed by atoms with E-state index in [1.807, 2.05) is 6.92 Å². The first kappa shape index (κ1) is 9.03. The minimum atomic E-state index is -0.380. The van der Waals surface area contributed by atoms with E-state index in [1.165, 1.54) is 4.90 Å². The minimum Gasteiger partial charge on any atom is -0.382 e. The van der Waals surface area contributed by atoms with Gasteiger partial charge in [-0.3, -0.25) is 4.79 Å². The summed E-state index contributed by atoms with van der Waals surface area (Å²) in [7, 11) is 3.44. The van der Waals surface area contributed by atoms with Gasteiger partial charge in [-0.25, -0.2) is 0 Å². The molecule has 12 heavy (non-hydrogen) atoms. The van der Waals surface area contributed by atoms with Crippen LogP contribution in [0.4, 0.5) is 0 Å². The summed E-state index contributed by atoms with van der Waals surface area (Å²) in [5.41, 5.74) is 0.968. The third kappa shape index (κ3) is 1.75. The number of carbonyl (C=O) groups is 1. The molecule has 1 heterocycles. The normalized spacial score (nSPS) is 21.6. The molecule has 0 radical (unpaired) electrons. The van der Waals surface area contributed by atoms with Gasteiger partial charge in [0.05, 0.1) is 5.71 Å². The Morgan fingerprint density at radius 3 is 2.83 bits per heavy atom. The standard InChI is InChI=1S/C8H14N2O2/c1-4-6-5-7(12-9-6)8(11)10(2)3/h7H,4-5H2,1-3H3. The number of nitrogens with zero attached hydrogens (tertiary/aromatic N) is 2. The summed E-state index contributed by atoms with van der Waals surface area (Å²) < 4.78 is 0. The molecule has 1 atom stereocenters. The van der Waals surface area contributed by atoms with Crippen molar-refractivity contribution in [3.63, 3.8) is 0 Å². The van der Waals surface area contributed by atoms with Crippen molar-refractivity contribution in [2.24, 2.45) is 5.16 Å². The first-order valence-corrected chi connectivity index (χ1v) is 4.08. The van der Waals surface area contributed by atoms with Crippen LogP contribution in [0.2, 0.25) is 0 Å². The van der Waals surface area contributed by atoms with Gasteiger partial charge in [-0.2, -0.15) is 0 Å². The van der Waals surface area contributed by atoms with Crippen molar-refractivity contribution >= 4 is 11.6 Å². The number of carbonyl (C=O) groups excluding carboxylic acids is 1. The highest BCUT2D eigenvalue weighted by Gasteiger charge is 2.28. The number of rotatable bonds is 2. The Morgan fingerprint density at radius 2 is 2.42 bits per heavy atom. The quantitative estimate of drug-likeness (QED) is 0.610. The molecular formula is C8H14N2O2. The maximum atomic E-state index is 11.3. The largest absolute Gasteiger partial charge is 0.382 e. The molecular weight excluding hydrogens is 156 g/mol. The molecule has 1 amide bonds. The second kappa shape index (κ2) is 3.56. The van der Waals surface area contributed by atoms with Crippen LogP contribution in [0.3, 0.4) is 0 Å². The molecule has 0 bridgehead atoms. The highest BCUT2D eigenvalue weighted by atomic mass is 16.6. The molecule has 0 saturated carbocycles. The van der Waals surface area contributed by atoms with Gasteiger partial charge >= 0.3 is 0 Å². The van der Waals surface area contributed by atoms with Gasteiger partial charge in [-0.1, -0.05) is 12.1 Å². The fourth-order valence-electron chi connectivity index (χ4n) is 1.06. The van der Waals surface area contributed by atoms with Crippen LogP contribution in [-0.2, 0) is 9.63 Å². The zero-order chi connectivity index (χ0) is 9.14. The van der Waals surface area contributed by atoms with E-state index in [-0.39, 0.29) is 12.0 Å². The average molecular weight is 170 g/mol. The van der Waals surface area contributed by atoms with E-state index in [2.05, 4.69) is 5.16 Å². The number of hydrogen-bond donors (Lipinski definition) is 0. The zero-order valence-corrected chi connectivity index (χ0v) is 7.70. The fourth-order valence-corrected chi connectivity index (χ4v) is 1.06. The van der Waals surface area contributed by atoms with Gasteiger partial charge in [-0.15, -0.1) is 0 Å². The van der Waals surface area contributed by atoms with Crippen LogP contribution in [0.15, 0.2) is 5.16 Å². The Kier molecular flexibility index (Phi) is 2.68. The van der Waals surface area contributed by atoms with Crippen molar-refractivity contribution in [1.29, 1.82) is 0 Å². The van der Waals surface area contributed by atoms with Gasteiger partial charge < -0.3 is 9.74 Å². The molecule has 0 aliphatic carbocycles. The van der Waals surface area contributed by atoms with Crippen molar-refractivity contribution in [1.82, 2.24) is 4.90 Å². The molecule has 1 rings (SSSR count). The van der Waals surface area contributed by atoms with E-state index >= 15 is 0 Å². The third-order valence-corrected chi connectivity index (χ3v) is 1.85. The lowest BCUT2D eigenvalue weighted by molar-refractivity contribution is -0.139. The summed E-state index contributed by atoms with van der Waals surface area (Å²) in [6, 6.07) is 0. The van der Waals surface area contributed by atoms with E-state index in [0.29, 0.717) is 6.42 Å². The summed E-state index contributed by atoms with van der Waals surface area (Å²) in [6.07, 6.45) is 1.13. The SMILES string of the molecule is CCC1=NOC(C(=O)N(C)C)C1. The summed E-state index contributed by atoms with van der Waals surface area (Å²) in [6.45, 7) is 2.00. The van der Waals surface area contributed by atoms with E-state index < -0.39 is 0 Å². The van der Waals surface area contributed by atoms with Crippen LogP contribution >= 0.6 is 0 Å². The lowest BCUT2D eigenvalue weighted by Gasteiger charge is -2.13. The molecule has 0 aromatic heterocycles. The lowest BCUT2D eigenvalue weighted by Crippen LogP contribution is -2.33. The monoisotopic (exact) mass is 170 g/mol. The summed E-state index contributed by atoms with van der Waals surface area (Å²) in [5.74, 6) is -0.0119. The first-order chi connectivity index (χ1) is 5.65. The maximum absolute atomic E-state index is 11.3. The van der Waals surface area contributed by atoms with Crippen molar-refractivity contribution in [3.8, 4) is 0 Å². The molecule has 1 unspecified atom stereocenters. The molecule has 68 valence electrons. The maximum Gasteiger partial charge on any atom is 0.266 e. The van der Waals surface area contributed by atoms with Crippen LogP contribution < -0.4 is 0 Å². The Morgan fingerprint density at radius 1 is 1.75 bits per heavy atom. The molecule has 4 heteroatoms. The van der Waals surface area contributed by atoms with Crippen LogP contribution in [0.25, 0.3) is 0 Å². The van der Waals surface area contributed by atoms with Crippen molar-refractivity contribution < 1.29 is 9.63 Å². The molecule has 0 spiro atoms. The summed E-state index contributed by atoms with van der Waals surface area (Å²) in [4.78, 5) is 17.8. The number of likely N-dealkylation sites (N-methyl/N-ethyl adjacent to an activating group) is 1. The number of amides is 1. The molecule has 0 aromatic rings. The molecule has 4 nitrogen and oxygen atoms in total. The predicted molar refractivity (Wildman–Crippen MR) is 45.9 cm³/mol. The van der Waals surface area contributed by atoms with Crippen molar-refractivity contribution in [3.05, 3.63) is 0 Å². The number of hydrogen-bond acceptors (Lipinski definition) is 3. The summed E-state index contributed by atoms with van der Waals surface area (Å²) >= 11 is 0. The highest BCUT2D eigenvalue weighted by molar-refractivity contribution is 5.92. The second-order valence-electron chi connectivity index (χ2n) is 3.04. The van der Waals surface area contributed by atoms with Crippen LogP contribution in [0.5, 0.6) is 0 Å². The highest BCUT2D eigenvalue weighted by Crippen LogP contribution is 2.13. The Hall–Kier alpha value is -1.06. The molecule has 0 saturated heterocycles. The molecule has 1 aliphatic rings. The van der Waals surface area contributed by atoms with Crippen molar-refractivity contribution in [2.75, 3.05) is 14.1 Å². The van der Waals surface area contributed by atoms with E-state index in [4.69, 9.17) is 4.84 Å². The average Bonchev–Trinajstić information content (AvgIpc) is 2.50. The van der Waals surface area contributed by atoms with Gasteiger partial charge in [-0.05, 0) is 6.42 Å². The molecule has 1 aliphatic heterocycles. The van der Waals surface area contributed by atoms with Gasteiger partial charge in [0.15, 0.2) is 0 Å². The Bertz CT molecular complexity index is 211. The zero-order valence-electron chi connectivity index (χ0n) is 7.70. The van der Waals surface area contributed by atoms with Gasteiger partial charge in [0.1, 0.15) is 0 Å². The van der Waals surface area contributed by atoms with Crippen LogP contribution in [0.1, 0.15) is 19.8 Å². The van der Waals surface area contributed by atoms with E-state index in [9.17, 15) is 4.79 Å². The van der Waals surface area contributed by atoms with E-state index in [0.717, 1.165) is 12.1 Å². The van der Waals surface area contributed by atoms with Crippen LogP contribution in [-0.4, -0.2) is 36.7 Å². The molecule has 0 N–H and O–H groups in total. The third-order valence-electron chi connectivity index (χ3n) is 1.85. The molecule has 0 fully saturated rings. The minimum absolute atomic E-state index is 0.0119. The van der Waals surface area contributed by atoms with Gasteiger partial charge in [0, 0.05) is 20.5 Å².